The second-order valence-electron chi connectivity index (χ2n) is 7.33. The Bertz CT molecular complexity index is 810. The molecule has 1 saturated heterocycles. The lowest BCUT2D eigenvalue weighted by Gasteiger charge is -2.31. The van der Waals surface area contributed by atoms with Crippen molar-refractivity contribution in [1.29, 1.82) is 0 Å². The summed E-state index contributed by atoms with van der Waals surface area (Å²) in [6, 6.07) is 12.3. The quantitative estimate of drug-likeness (QED) is 0.764. The zero-order chi connectivity index (χ0) is 17.6. The summed E-state index contributed by atoms with van der Waals surface area (Å²) >= 11 is 0. The number of carbonyl (C=O) groups is 1. The Kier molecular flexibility index (Phi) is 4.03. The number of benzene rings is 2. The van der Waals surface area contributed by atoms with Crippen LogP contribution in [0.25, 0.3) is 0 Å². The summed E-state index contributed by atoms with van der Waals surface area (Å²) in [6.07, 6.45) is 1.93. The molecule has 1 heterocycles. The van der Waals surface area contributed by atoms with E-state index in [0.717, 1.165) is 29.7 Å². The number of carbonyl (C=O) groups excluding carboxylic acids is 1. The Balaban J connectivity index is 1.68. The minimum absolute atomic E-state index is 0.00764. The van der Waals surface area contributed by atoms with Crippen LogP contribution in [0.4, 0.5) is 0 Å². The maximum absolute atomic E-state index is 12.1. The van der Waals surface area contributed by atoms with Gasteiger partial charge in [0.25, 0.3) is 0 Å². The second kappa shape index (κ2) is 6.21. The van der Waals surface area contributed by atoms with E-state index in [9.17, 15) is 4.79 Å². The topological polar surface area (TPSA) is 35.5 Å². The van der Waals surface area contributed by atoms with Crippen molar-refractivity contribution in [2.24, 2.45) is 11.8 Å². The summed E-state index contributed by atoms with van der Waals surface area (Å²) < 4.78 is 11.9. The number of rotatable bonds is 3. The van der Waals surface area contributed by atoms with E-state index in [-0.39, 0.29) is 18.0 Å². The highest BCUT2D eigenvalue weighted by molar-refractivity contribution is 5.76. The number of fused-ring (bicyclic) bond motifs is 3. The van der Waals surface area contributed by atoms with Crippen LogP contribution in [0.5, 0.6) is 5.75 Å². The van der Waals surface area contributed by atoms with Crippen LogP contribution in [0.15, 0.2) is 36.4 Å². The Morgan fingerprint density at radius 2 is 1.96 bits per heavy atom. The minimum atomic E-state index is -0.106. The van der Waals surface area contributed by atoms with Crippen molar-refractivity contribution in [3.05, 3.63) is 64.2 Å². The van der Waals surface area contributed by atoms with Crippen LogP contribution in [0.3, 0.4) is 0 Å². The van der Waals surface area contributed by atoms with Crippen molar-refractivity contribution in [1.82, 2.24) is 0 Å². The van der Waals surface area contributed by atoms with Crippen LogP contribution in [0, 0.1) is 25.7 Å². The standard InChI is InChI=1S/C22H24O3/c1-13-11-19(24-12-16-7-5-4-6-8-16)15(3)20-17(13)9-10-18-14(2)22(23)25-21(18)20/h4-8,11,14,18,21H,9-10,12H2,1-3H3/t14?,18-,21?/m0/s1. The van der Waals surface area contributed by atoms with E-state index in [1.54, 1.807) is 0 Å². The van der Waals surface area contributed by atoms with Crippen molar-refractivity contribution < 1.29 is 14.3 Å². The molecule has 2 aromatic carbocycles. The molecule has 1 aliphatic carbocycles. The molecule has 0 bridgehead atoms. The summed E-state index contributed by atoms with van der Waals surface area (Å²) in [4.78, 5) is 12.1. The Hall–Kier alpha value is -2.29. The van der Waals surface area contributed by atoms with E-state index in [0.29, 0.717) is 12.5 Å². The van der Waals surface area contributed by atoms with Crippen LogP contribution in [0.1, 0.15) is 47.3 Å². The maximum Gasteiger partial charge on any atom is 0.309 e. The van der Waals surface area contributed by atoms with E-state index < -0.39 is 0 Å². The number of ether oxygens (including phenoxy) is 2. The van der Waals surface area contributed by atoms with Gasteiger partial charge in [-0.1, -0.05) is 37.3 Å². The number of esters is 1. The lowest BCUT2D eigenvalue weighted by Crippen LogP contribution is -2.22. The first kappa shape index (κ1) is 16.2. The third-order valence-corrected chi connectivity index (χ3v) is 5.82. The average molecular weight is 336 g/mol. The number of hydrogen-bond donors (Lipinski definition) is 0. The fourth-order valence-corrected chi connectivity index (χ4v) is 4.31. The molecule has 3 atom stereocenters. The highest BCUT2D eigenvalue weighted by Crippen LogP contribution is 2.49. The largest absolute Gasteiger partial charge is 0.489 e. The van der Waals surface area contributed by atoms with E-state index in [2.05, 4.69) is 32.0 Å². The smallest absolute Gasteiger partial charge is 0.309 e. The highest BCUT2D eigenvalue weighted by atomic mass is 16.6. The SMILES string of the molecule is Cc1cc(OCc2ccccc2)c(C)c2c1CC[C@H]1C(C)C(=O)OC21. The first-order valence-electron chi connectivity index (χ1n) is 9.06. The molecule has 130 valence electrons. The molecule has 1 fully saturated rings. The van der Waals surface area contributed by atoms with Crippen LogP contribution < -0.4 is 4.74 Å². The molecule has 0 N–H and O–H groups in total. The summed E-state index contributed by atoms with van der Waals surface area (Å²) in [6.45, 7) is 6.77. The van der Waals surface area contributed by atoms with E-state index >= 15 is 0 Å². The fourth-order valence-electron chi connectivity index (χ4n) is 4.31. The molecule has 1 aliphatic heterocycles. The molecule has 2 unspecified atom stereocenters. The Labute approximate surface area is 149 Å². The van der Waals surface area contributed by atoms with Gasteiger partial charge in [0.1, 0.15) is 18.5 Å². The number of aryl methyl sites for hydroxylation is 1. The first-order valence-corrected chi connectivity index (χ1v) is 9.06. The molecule has 0 amide bonds. The van der Waals surface area contributed by atoms with Gasteiger partial charge < -0.3 is 9.47 Å². The summed E-state index contributed by atoms with van der Waals surface area (Å²) in [5.41, 5.74) is 6.03. The van der Waals surface area contributed by atoms with Crippen molar-refractivity contribution >= 4 is 5.97 Å². The molecule has 25 heavy (non-hydrogen) atoms. The van der Waals surface area contributed by atoms with Gasteiger partial charge >= 0.3 is 5.97 Å². The van der Waals surface area contributed by atoms with Crippen LogP contribution >= 0.6 is 0 Å². The first-order chi connectivity index (χ1) is 12.1. The molecular weight excluding hydrogens is 312 g/mol. The van der Waals surface area contributed by atoms with Crippen molar-refractivity contribution in [3.63, 3.8) is 0 Å². The molecule has 0 radical (unpaired) electrons. The molecule has 3 heteroatoms. The predicted octanol–water partition coefficient (Wildman–Crippen LogP) is 4.68. The summed E-state index contributed by atoms with van der Waals surface area (Å²) in [7, 11) is 0. The van der Waals surface area contributed by atoms with Crippen LogP contribution in [-0.2, 0) is 22.6 Å². The average Bonchev–Trinajstić information content (AvgIpc) is 2.92. The number of hydrogen-bond acceptors (Lipinski definition) is 3. The summed E-state index contributed by atoms with van der Waals surface area (Å²) in [5, 5.41) is 0. The normalized spacial score (nSPS) is 24.4. The van der Waals surface area contributed by atoms with E-state index in [1.807, 2.05) is 25.1 Å². The molecule has 0 saturated carbocycles. The van der Waals surface area contributed by atoms with Gasteiger partial charge in [0.15, 0.2) is 0 Å². The highest BCUT2D eigenvalue weighted by Gasteiger charge is 2.46. The van der Waals surface area contributed by atoms with Gasteiger partial charge in [-0.25, -0.2) is 0 Å². The molecule has 2 aliphatic rings. The molecule has 0 spiro atoms. The third-order valence-electron chi connectivity index (χ3n) is 5.82. The van der Waals surface area contributed by atoms with E-state index in [1.165, 1.54) is 16.7 Å². The van der Waals surface area contributed by atoms with Crippen LogP contribution in [-0.4, -0.2) is 5.97 Å². The molecule has 4 rings (SSSR count). The molecule has 0 aromatic heterocycles. The fraction of sp³-hybridized carbons (Fsp3) is 0.409. The molecule has 3 nitrogen and oxygen atoms in total. The lowest BCUT2D eigenvalue weighted by atomic mass is 9.74. The van der Waals surface area contributed by atoms with Gasteiger partial charge in [0.05, 0.1) is 5.92 Å². The van der Waals surface area contributed by atoms with Crippen molar-refractivity contribution in [2.45, 2.75) is 46.3 Å². The van der Waals surface area contributed by atoms with Crippen LogP contribution in [0.2, 0.25) is 0 Å². The van der Waals surface area contributed by atoms with Gasteiger partial charge in [-0.05, 0) is 55.0 Å². The minimum Gasteiger partial charge on any atom is -0.489 e. The molecular formula is C22H24O3. The van der Waals surface area contributed by atoms with Gasteiger partial charge in [0, 0.05) is 11.5 Å². The molecule has 2 aromatic rings. The zero-order valence-electron chi connectivity index (χ0n) is 15.0. The third kappa shape index (κ3) is 2.72. The van der Waals surface area contributed by atoms with Gasteiger partial charge in [-0.3, -0.25) is 4.79 Å². The van der Waals surface area contributed by atoms with Crippen molar-refractivity contribution in [3.8, 4) is 5.75 Å². The summed E-state index contributed by atoms with van der Waals surface area (Å²) in [5.74, 6) is 1.13. The monoisotopic (exact) mass is 336 g/mol. The van der Waals surface area contributed by atoms with Gasteiger partial charge in [-0.2, -0.15) is 0 Å². The van der Waals surface area contributed by atoms with E-state index in [4.69, 9.17) is 9.47 Å². The lowest BCUT2D eigenvalue weighted by molar-refractivity contribution is -0.144. The van der Waals surface area contributed by atoms with Crippen molar-refractivity contribution in [2.75, 3.05) is 0 Å². The van der Waals surface area contributed by atoms with Gasteiger partial charge in [-0.15, -0.1) is 0 Å². The Morgan fingerprint density at radius 3 is 2.72 bits per heavy atom. The van der Waals surface area contributed by atoms with Gasteiger partial charge in [0.2, 0.25) is 0 Å². The second-order valence-corrected chi connectivity index (χ2v) is 7.33. The Morgan fingerprint density at radius 1 is 1.20 bits per heavy atom. The predicted molar refractivity (Wildman–Crippen MR) is 96.5 cm³/mol. The zero-order valence-corrected chi connectivity index (χ0v) is 15.0. The maximum atomic E-state index is 12.1.